The zero-order chi connectivity index (χ0) is 20.0. The number of likely N-dealkylation sites (N-methyl/N-ethyl adjacent to an activating group) is 1. The average molecular weight is 380 g/mol. The van der Waals surface area contributed by atoms with Gasteiger partial charge in [-0.05, 0) is 50.8 Å². The Kier molecular flexibility index (Phi) is 8.01. The summed E-state index contributed by atoms with van der Waals surface area (Å²) in [7, 11) is 0. The first-order valence-electron chi connectivity index (χ1n) is 10.4. The second kappa shape index (κ2) is 9.80. The van der Waals surface area contributed by atoms with E-state index >= 15 is 0 Å². The molecular weight excluding hydrogens is 342 g/mol. The number of amides is 2. The predicted octanol–water partition coefficient (Wildman–Crippen LogP) is 2.24. The molecule has 0 radical (unpaired) electrons. The van der Waals surface area contributed by atoms with Crippen LogP contribution in [0.1, 0.15) is 59.8 Å². The molecule has 2 aliphatic rings. The number of carbonyl (C=O) groups excluding carboxylic acids is 2. The number of hydrogen-bond donors (Lipinski definition) is 2. The van der Waals surface area contributed by atoms with E-state index in [9.17, 15) is 9.59 Å². The lowest BCUT2D eigenvalue weighted by Crippen LogP contribution is -2.52. The van der Waals surface area contributed by atoms with Crippen LogP contribution < -0.4 is 10.6 Å². The van der Waals surface area contributed by atoms with Crippen molar-refractivity contribution in [2.45, 2.75) is 77.5 Å². The standard InChI is InChI=1S/C21H37N3O3/c1-6-24-12-8-7-9-17(24)14-27-21(5,15(2)3)16(4)13-22-18-10-11-19(25)23-20(18)26/h15,17-18,22H,4,6-14H2,1-3,5H3,(H,23,25,26)/t17-,18?,21?/m1/s1. The van der Waals surface area contributed by atoms with Gasteiger partial charge >= 0.3 is 0 Å². The summed E-state index contributed by atoms with van der Waals surface area (Å²) >= 11 is 0. The normalized spacial score (nSPS) is 26.7. The van der Waals surface area contributed by atoms with Crippen LogP contribution in [0.15, 0.2) is 12.2 Å². The molecule has 27 heavy (non-hydrogen) atoms. The molecule has 0 spiro atoms. The van der Waals surface area contributed by atoms with Gasteiger partial charge in [-0.15, -0.1) is 0 Å². The highest BCUT2D eigenvalue weighted by Crippen LogP contribution is 2.30. The number of carbonyl (C=O) groups is 2. The van der Waals surface area contributed by atoms with E-state index in [-0.39, 0.29) is 23.8 Å². The van der Waals surface area contributed by atoms with E-state index in [1.54, 1.807) is 0 Å². The lowest BCUT2D eigenvalue weighted by Gasteiger charge is -2.41. The fourth-order valence-electron chi connectivity index (χ4n) is 3.92. The van der Waals surface area contributed by atoms with E-state index in [0.717, 1.165) is 18.7 Å². The predicted molar refractivity (Wildman–Crippen MR) is 107 cm³/mol. The first-order valence-corrected chi connectivity index (χ1v) is 10.4. The van der Waals surface area contributed by atoms with E-state index in [2.05, 4.69) is 49.8 Å². The highest BCUT2D eigenvalue weighted by atomic mass is 16.5. The third kappa shape index (κ3) is 5.62. The third-order valence-electron chi connectivity index (χ3n) is 6.34. The number of likely N-dealkylation sites (tertiary alicyclic amines) is 1. The van der Waals surface area contributed by atoms with Gasteiger partial charge in [-0.2, -0.15) is 0 Å². The molecule has 0 bridgehead atoms. The van der Waals surface area contributed by atoms with Crippen molar-refractivity contribution in [2.75, 3.05) is 26.2 Å². The van der Waals surface area contributed by atoms with E-state index < -0.39 is 5.60 Å². The van der Waals surface area contributed by atoms with Gasteiger partial charge in [-0.3, -0.25) is 19.8 Å². The molecule has 2 unspecified atom stereocenters. The summed E-state index contributed by atoms with van der Waals surface area (Å²) in [5.74, 6) is -0.167. The molecule has 2 N–H and O–H groups in total. The summed E-state index contributed by atoms with van der Waals surface area (Å²) in [5, 5.41) is 5.64. The first-order chi connectivity index (χ1) is 12.8. The minimum absolute atomic E-state index is 0.194. The molecule has 2 rings (SSSR count). The summed E-state index contributed by atoms with van der Waals surface area (Å²) in [6, 6.07) is 0.127. The molecule has 0 aromatic heterocycles. The van der Waals surface area contributed by atoms with Crippen LogP contribution in [0, 0.1) is 5.92 Å². The van der Waals surface area contributed by atoms with Crippen LogP contribution in [-0.4, -0.2) is 60.6 Å². The van der Waals surface area contributed by atoms with Gasteiger partial charge in [0.05, 0.1) is 18.2 Å². The molecule has 0 aromatic carbocycles. The van der Waals surface area contributed by atoms with Crippen molar-refractivity contribution in [3.63, 3.8) is 0 Å². The van der Waals surface area contributed by atoms with Crippen LogP contribution in [0.4, 0.5) is 0 Å². The largest absolute Gasteiger partial charge is 0.369 e. The molecule has 2 saturated heterocycles. The molecule has 3 atom stereocenters. The SMILES string of the molecule is C=C(CNC1CCC(=O)NC1=O)C(C)(OC[C@H]1CCCCN1CC)C(C)C. The van der Waals surface area contributed by atoms with Crippen LogP contribution in [0.3, 0.4) is 0 Å². The van der Waals surface area contributed by atoms with Gasteiger partial charge in [-0.1, -0.05) is 33.8 Å². The zero-order valence-electron chi connectivity index (χ0n) is 17.5. The van der Waals surface area contributed by atoms with Crippen molar-refractivity contribution in [3.8, 4) is 0 Å². The summed E-state index contributed by atoms with van der Waals surface area (Å²) < 4.78 is 6.47. The number of piperidine rings is 2. The molecule has 0 aliphatic carbocycles. The summed E-state index contributed by atoms with van der Waals surface area (Å²) in [6.45, 7) is 16.3. The second-order valence-corrected chi connectivity index (χ2v) is 8.34. The van der Waals surface area contributed by atoms with Crippen LogP contribution in [0.5, 0.6) is 0 Å². The van der Waals surface area contributed by atoms with Gasteiger partial charge in [0.15, 0.2) is 0 Å². The number of nitrogens with one attached hydrogen (secondary N) is 2. The number of imide groups is 1. The van der Waals surface area contributed by atoms with E-state index in [0.29, 0.717) is 32.0 Å². The maximum absolute atomic E-state index is 11.9. The minimum atomic E-state index is -0.454. The van der Waals surface area contributed by atoms with E-state index in [1.165, 1.54) is 19.3 Å². The number of ether oxygens (including phenoxy) is 1. The fourth-order valence-corrected chi connectivity index (χ4v) is 3.92. The van der Waals surface area contributed by atoms with Gasteiger partial charge in [0.1, 0.15) is 0 Å². The van der Waals surface area contributed by atoms with Crippen molar-refractivity contribution < 1.29 is 14.3 Å². The quantitative estimate of drug-likeness (QED) is 0.475. The van der Waals surface area contributed by atoms with Crippen molar-refractivity contribution in [3.05, 3.63) is 12.2 Å². The Hall–Kier alpha value is -1.24. The van der Waals surface area contributed by atoms with Crippen LogP contribution in [0.25, 0.3) is 0 Å². The summed E-state index contributed by atoms with van der Waals surface area (Å²) in [5.41, 5.74) is 0.492. The molecule has 6 heteroatoms. The van der Waals surface area contributed by atoms with Gasteiger partial charge in [0.2, 0.25) is 11.8 Å². The van der Waals surface area contributed by atoms with Gasteiger partial charge < -0.3 is 10.1 Å². The zero-order valence-corrected chi connectivity index (χ0v) is 17.5. The molecule has 2 heterocycles. The molecule has 0 aromatic rings. The van der Waals surface area contributed by atoms with Crippen molar-refractivity contribution in [1.82, 2.24) is 15.5 Å². The molecule has 6 nitrogen and oxygen atoms in total. The van der Waals surface area contributed by atoms with Crippen LogP contribution in [0.2, 0.25) is 0 Å². The topological polar surface area (TPSA) is 70.7 Å². The van der Waals surface area contributed by atoms with Crippen molar-refractivity contribution in [1.29, 1.82) is 0 Å². The van der Waals surface area contributed by atoms with Gasteiger partial charge in [0.25, 0.3) is 0 Å². The molecule has 2 aliphatic heterocycles. The smallest absolute Gasteiger partial charge is 0.243 e. The minimum Gasteiger partial charge on any atom is -0.369 e. The second-order valence-electron chi connectivity index (χ2n) is 8.34. The first kappa shape index (κ1) is 22.1. The molecule has 2 amide bonds. The van der Waals surface area contributed by atoms with Crippen LogP contribution >= 0.6 is 0 Å². The van der Waals surface area contributed by atoms with Crippen molar-refractivity contribution in [2.24, 2.45) is 5.92 Å². The highest BCUT2D eigenvalue weighted by molar-refractivity contribution is 6.00. The van der Waals surface area contributed by atoms with Gasteiger partial charge in [-0.25, -0.2) is 0 Å². The summed E-state index contributed by atoms with van der Waals surface area (Å²) in [6.07, 6.45) is 4.63. The summed E-state index contributed by atoms with van der Waals surface area (Å²) in [4.78, 5) is 25.7. The molecule has 0 saturated carbocycles. The van der Waals surface area contributed by atoms with E-state index in [4.69, 9.17) is 4.74 Å². The monoisotopic (exact) mass is 379 g/mol. The third-order valence-corrected chi connectivity index (χ3v) is 6.34. The van der Waals surface area contributed by atoms with E-state index in [1.807, 2.05) is 0 Å². The Morgan fingerprint density at radius 1 is 1.37 bits per heavy atom. The molecule has 2 fully saturated rings. The fraction of sp³-hybridized carbons (Fsp3) is 0.810. The molecule has 154 valence electrons. The lowest BCUT2D eigenvalue weighted by atomic mass is 9.84. The maximum Gasteiger partial charge on any atom is 0.243 e. The highest BCUT2D eigenvalue weighted by Gasteiger charge is 2.35. The van der Waals surface area contributed by atoms with Crippen LogP contribution in [-0.2, 0) is 14.3 Å². The lowest BCUT2D eigenvalue weighted by molar-refractivity contribution is -0.134. The van der Waals surface area contributed by atoms with Crippen molar-refractivity contribution >= 4 is 11.8 Å². The maximum atomic E-state index is 11.9. The average Bonchev–Trinajstić information content (AvgIpc) is 2.65. The molecular formula is C21H37N3O3. The number of nitrogens with zero attached hydrogens (tertiary/aromatic N) is 1. The number of hydrogen-bond acceptors (Lipinski definition) is 5. The Morgan fingerprint density at radius 3 is 2.74 bits per heavy atom. The Balaban J connectivity index is 1.92. The van der Waals surface area contributed by atoms with Gasteiger partial charge in [0, 0.05) is 19.0 Å². The number of rotatable bonds is 9. The Labute approximate surface area is 164 Å². The Bertz CT molecular complexity index is 549. The Morgan fingerprint density at radius 2 is 2.11 bits per heavy atom.